The fraction of sp³-hybridized carbons (Fsp3) is 0.714. The summed E-state index contributed by atoms with van der Waals surface area (Å²) in [5.74, 6) is 0.389. The highest BCUT2D eigenvalue weighted by molar-refractivity contribution is 7.99. The minimum absolute atomic E-state index is 0.0855. The maximum Gasteiger partial charge on any atom is 0.222 e. The van der Waals surface area contributed by atoms with Gasteiger partial charge in [0.25, 0.3) is 0 Å². The summed E-state index contributed by atoms with van der Waals surface area (Å²) in [5.41, 5.74) is 5.51. The van der Waals surface area contributed by atoms with Gasteiger partial charge < -0.3 is 10.8 Å². The van der Waals surface area contributed by atoms with Crippen molar-refractivity contribution in [3.05, 3.63) is 0 Å². The molecule has 5 nitrogen and oxygen atoms in total. The number of aromatic nitrogens is 3. The van der Waals surface area contributed by atoms with Crippen LogP contribution in [0.1, 0.15) is 13.8 Å². The number of aliphatic hydroxyl groups is 1. The minimum atomic E-state index is -0.372. The van der Waals surface area contributed by atoms with Gasteiger partial charge >= 0.3 is 0 Å². The van der Waals surface area contributed by atoms with Gasteiger partial charge in [0.15, 0.2) is 5.16 Å². The van der Waals surface area contributed by atoms with Crippen LogP contribution in [0, 0.1) is 0 Å². The van der Waals surface area contributed by atoms with Crippen LogP contribution in [0.4, 0.5) is 5.95 Å². The third kappa shape index (κ3) is 2.35. The van der Waals surface area contributed by atoms with Crippen molar-refractivity contribution in [2.75, 3.05) is 5.73 Å². The monoisotopic (exact) mass is 202 g/mol. The van der Waals surface area contributed by atoms with Crippen LogP contribution >= 0.6 is 11.8 Å². The number of nitrogens with two attached hydrogens (primary N) is 1. The van der Waals surface area contributed by atoms with Gasteiger partial charge in [-0.25, -0.2) is 0 Å². The summed E-state index contributed by atoms with van der Waals surface area (Å²) in [5, 5.41) is 17.7. The van der Waals surface area contributed by atoms with E-state index in [0.717, 1.165) is 5.16 Å². The summed E-state index contributed by atoms with van der Waals surface area (Å²) in [6.07, 6.45) is -0.372. The molecule has 0 radical (unpaired) electrons. The van der Waals surface area contributed by atoms with E-state index in [-0.39, 0.29) is 11.4 Å². The zero-order chi connectivity index (χ0) is 10.0. The van der Waals surface area contributed by atoms with Crippen molar-refractivity contribution in [2.45, 2.75) is 30.4 Å². The molecular weight excluding hydrogens is 188 g/mol. The molecule has 0 saturated heterocycles. The molecule has 0 saturated carbocycles. The van der Waals surface area contributed by atoms with E-state index in [1.165, 1.54) is 11.8 Å². The Morgan fingerprint density at radius 2 is 2.08 bits per heavy atom. The molecule has 0 aliphatic carbocycles. The molecule has 1 heterocycles. The van der Waals surface area contributed by atoms with Crippen LogP contribution < -0.4 is 5.73 Å². The Bertz CT molecular complexity index is 286. The van der Waals surface area contributed by atoms with Gasteiger partial charge in [0.2, 0.25) is 5.95 Å². The molecule has 1 aromatic rings. The molecule has 13 heavy (non-hydrogen) atoms. The number of hydrogen-bond donors (Lipinski definition) is 2. The van der Waals surface area contributed by atoms with E-state index in [1.54, 1.807) is 18.5 Å². The van der Waals surface area contributed by atoms with E-state index in [1.807, 2.05) is 6.92 Å². The lowest BCUT2D eigenvalue weighted by molar-refractivity contribution is 0.196. The summed E-state index contributed by atoms with van der Waals surface area (Å²) in [6.45, 7) is 3.68. The number of hydrogen-bond acceptors (Lipinski definition) is 5. The largest absolute Gasteiger partial charge is 0.392 e. The quantitative estimate of drug-likeness (QED) is 0.687. The molecule has 0 fully saturated rings. The fourth-order valence-corrected chi connectivity index (χ4v) is 1.56. The first-order valence-electron chi connectivity index (χ1n) is 4.02. The Kier molecular flexibility index (Phi) is 3.16. The van der Waals surface area contributed by atoms with Crippen molar-refractivity contribution in [2.24, 2.45) is 7.05 Å². The zero-order valence-electron chi connectivity index (χ0n) is 7.93. The van der Waals surface area contributed by atoms with Crippen molar-refractivity contribution in [3.8, 4) is 0 Å². The van der Waals surface area contributed by atoms with Gasteiger partial charge in [-0.1, -0.05) is 18.7 Å². The van der Waals surface area contributed by atoms with Crippen molar-refractivity contribution in [3.63, 3.8) is 0 Å². The summed E-state index contributed by atoms with van der Waals surface area (Å²) in [7, 11) is 1.80. The summed E-state index contributed by atoms with van der Waals surface area (Å²) >= 11 is 1.46. The van der Waals surface area contributed by atoms with Crippen LogP contribution in [0.15, 0.2) is 5.16 Å². The minimum Gasteiger partial charge on any atom is -0.392 e. The van der Waals surface area contributed by atoms with Crippen molar-refractivity contribution >= 4 is 17.7 Å². The molecule has 3 N–H and O–H groups in total. The zero-order valence-corrected chi connectivity index (χ0v) is 8.75. The Balaban J connectivity index is 2.69. The second-order valence-corrected chi connectivity index (χ2v) is 4.31. The second kappa shape index (κ2) is 3.97. The number of nitrogens with zero attached hydrogens (tertiary/aromatic N) is 3. The van der Waals surface area contributed by atoms with Crippen LogP contribution in [0.25, 0.3) is 0 Å². The van der Waals surface area contributed by atoms with Crippen LogP contribution in [-0.2, 0) is 7.05 Å². The maximum absolute atomic E-state index is 9.27. The second-order valence-electron chi connectivity index (χ2n) is 2.96. The summed E-state index contributed by atoms with van der Waals surface area (Å²) < 4.78 is 1.70. The fourth-order valence-electron chi connectivity index (χ4n) is 0.694. The molecule has 1 rings (SSSR count). The Labute approximate surface area is 81.3 Å². The van der Waals surface area contributed by atoms with Crippen LogP contribution in [0.2, 0.25) is 0 Å². The van der Waals surface area contributed by atoms with Crippen LogP contribution in [0.5, 0.6) is 0 Å². The number of nitrogen functional groups attached to an aromatic ring is 1. The van der Waals surface area contributed by atoms with Gasteiger partial charge in [-0.15, -0.1) is 10.2 Å². The van der Waals surface area contributed by atoms with Crippen molar-refractivity contribution < 1.29 is 5.11 Å². The van der Waals surface area contributed by atoms with Gasteiger partial charge in [0, 0.05) is 12.3 Å². The molecule has 0 spiro atoms. The third-order valence-electron chi connectivity index (χ3n) is 1.84. The first-order valence-corrected chi connectivity index (χ1v) is 4.90. The first-order chi connectivity index (χ1) is 6.02. The molecule has 0 aliphatic heterocycles. The molecule has 6 heteroatoms. The van der Waals surface area contributed by atoms with E-state index < -0.39 is 0 Å². The average molecular weight is 202 g/mol. The molecule has 0 aliphatic rings. The molecular formula is C7H14N4OS. The molecule has 0 amide bonds. The van der Waals surface area contributed by atoms with Gasteiger partial charge in [0.1, 0.15) is 0 Å². The normalized spacial score (nSPS) is 15.7. The van der Waals surface area contributed by atoms with Gasteiger partial charge in [0.05, 0.1) is 6.10 Å². The standard InChI is InChI=1S/C7H14N4OS/c1-4(12)5(2)13-7-10-9-6(8)11(7)3/h4-5,12H,1-3H3,(H2,8,9). The van der Waals surface area contributed by atoms with E-state index in [4.69, 9.17) is 5.73 Å². The lowest BCUT2D eigenvalue weighted by Crippen LogP contribution is -2.15. The molecule has 1 aromatic heterocycles. The van der Waals surface area contributed by atoms with Crippen molar-refractivity contribution in [1.82, 2.24) is 14.8 Å². The van der Waals surface area contributed by atoms with E-state index in [9.17, 15) is 5.11 Å². The molecule has 2 unspecified atom stereocenters. The molecule has 0 aromatic carbocycles. The molecule has 2 atom stereocenters. The molecule has 74 valence electrons. The lowest BCUT2D eigenvalue weighted by Gasteiger charge is -2.12. The van der Waals surface area contributed by atoms with E-state index in [2.05, 4.69) is 10.2 Å². The summed E-state index contributed by atoms with van der Waals surface area (Å²) in [6, 6.07) is 0. The maximum atomic E-state index is 9.27. The highest BCUT2D eigenvalue weighted by atomic mass is 32.2. The number of thioether (sulfide) groups is 1. The van der Waals surface area contributed by atoms with E-state index in [0.29, 0.717) is 5.95 Å². The highest BCUT2D eigenvalue weighted by Crippen LogP contribution is 2.23. The number of anilines is 1. The first kappa shape index (κ1) is 10.3. The van der Waals surface area contributed by atoms with E-state index >= 15 is 0 Å². The van der Waals surface area contributed by atoms with Crippen LogP contribution in [-0.4, -0.2) is 31.2 Å². The Morgan fingerprint density at radius 3 is 2.46 bits per heavy atom. The summed E-state index contributed by atoms with van der Waals surface area (Å²) in [4.78, 5) is 0. The Morgan fingerprint density at radius 1 is 1.46 bits per heavy atom. The van der Waals surface area contributed by atoms with Crippen molar-refractivity contribution in [1.29, 1.82) is 0 Å². The van der Waals surface area contributed by atoms with Gasteiger partial charge in [-0.2, -0.15) is 0 Å². The van der Waals surface area contributed by atoms with Gasteiger partial charge in [-0.05, 0) is 6.92 Å². The molecule has 0 bridgehead atoms. The smallest absolute Gasteiger partial charge is 0.222 e. The third-order valence-corrected chi connectivity index (χ3v) is 3.17. The topological polar surface area (TPSA) is 77.0 Å². The average Bonchev–Trinajstić information content (AvgIpc) is 2.36. The number of rotatable bonds is 3. The Hall–Kier alpha value is -0.750. The SMILES string of the molecule is CC(O)C(C)Sc1nnc(N)n1C. The number of aliphatic hydroxyl groups excluding tert-OH is 1. The predicted molar refractivity (Wildman–Crippen MR) is 52.4 cm³/mol. The predicted octanol–water partition coefficient (Wildman–Crippen LogP) is 0.259. The van der Waals surface area contributed by atoms with Gasteiger partial charge in [-0.3, -0.25) is 4.57 Å². The lowest BCUT2D eigenvalue weighted by atomic mass is 10.3. The highest BCUT2D eigenvalue weighted by Gasteiger charge is 2.14. The van der Waals surface area contributed by atoms with Crippen LogP contribution in [0.3, 0.4) is 0 Å².